The highest BCUT2D eigenvalue weighted by Gasteiger charge is 2.28. The van der Waals surface area contributed by atoms with E-state index in [1.165, 1.54) is 19.1 Å². The van der Waals surface area contributed by atoms with Crippen molar-refractivity contribution in [2.45, 2.75) is 19.1 Å². The lowest BCUT2D eigenvalue weighted by Crippen LogP contribution is -2.42. The minimum absolute atomic E-state index is 0.0568. The van der Waals surface area contributed by atoms with Crippen molar-refractivity contribution in [1.29, 1.82) is 0 Å². The van der Waals surface area contributed by atoms with Gasteiger partial charge in [0.2, 0.25) is 6.79 Å². The predicted molar refractivity (Wildman–Crippen MR) is 77.7 cm³/mol. The minimum atomic E-state index is -1.28. The molecule has 0 spiro atoms. The maximum absolute atomic E-state index is 11.7. The van der Waals surface area contributed by atoms with Crippen LogP contribution < -0.4 is 20.5 Å². The Morgan fingerprint density at radius 2 is 2.08 bits per heavy atom. The number of carbonyl (C=O) groups excluding carboxylic acids is 1. The number of rotatable bonds is 6. The van der Waals surface area contributed by atoms with Gasteiger partial charge in [-0.05, 0) is 13.0 Å². The maximum atomic E-state index is 11.7. The van der Waals surface area contributed by atoms with Crippen LogP contribution in [0.15, 0.2) is 12.1 Å². The van der Waals surface area contributed by atoms with Crippen molar-refractivity contribution in [2.75, 3.05) is 13.3 Å². The molecule has 1 aliphatic rings. The van der Waals surface area contributed by atoms with Crippen molar-refractivity contribution in [3.63, 3.8) is 0 Å². The SMILES string of the molecule is CC(OC(=O)NCC(N)C(=O)O)c1cc2c(cc1[N+](=O)[O-])OCO2. The van der Waals surface area contributed by atoms with E-state index in [0.29, 0.717) is 5.75 Å². The van der Waals surface area contributed by atoms with Crippen LogP contribution in [0, 0.1) is 10.1 Å². The molecule has 2 unspecified atom stereocenters. The molecule has 1 heterocycles. The van der Waals surface area contributed by atoms with Gasteiger partial charge in [0.25, 0.3) is 5.69 Å². The minimum Gasteiger partial charge on any atom is -0.480 e. The van der Waals surface area contributed by atoms with Crippen LogP contribution >= 0.6 is 0 Å². The number of alkyl carbamates (subject to hydrolysis) is 1. The number of carboxylic acids is 1. The van der Waals surface area contributed by atoms with Crippen molar-refractivity contribution in [2.24, 2.45) is 5.73 Å². The average molecular weight is 341 g/mol. The Bertz CT molecular complexity index is 677. The van der Waals surface area contributed by atoms with E-state index < -0.39 is 29.1 Å². The Morgan fingerprint density at radius 1 is 1.46 bits per heavy atom. The molecule has 4 N–H and O–H groups in total. The molecule has 130 valence electrons. The molecule has 24 heavy (non-hydrogen) atoms. The van der Waals surface area contributed by atoms with Crippen LogP contribution in [0.25, 0.3) is 0 Å². The van der Waals surface area contributed by atoms with E-state index in [1.807, 2.05) is 0 Å². The van der Waals surface area contributed by atoms with Gasteiger partial charge in [-0.1, -0.05) is 0 Å². The molecule has 11 heteroatoms. The van der Waals surface area contributed by atoms with Crippen LogP contribution in [-0.2, 0) is 9.53 Å². The summed E-state index contributed by atoms with van der Waals surface area (Å²) in [5, 5.41) is 22.0. The molecule has 1 aromatic rings. The molecule has 0 aromatic heterocycles. The van der Waals surface area contributed by atoms with E-state index in [-0.39, 0.29) is 30.3 Å². The normalized spacial score (nSPS) is 14.6. The summed E-state index contributed by atoms with van der Waals surface area (Å²) in [4.78, 5) is 32.8. The largest absolute Gasteiger partial charge is 0.480 e. The standard InChI is InChI=1S/C13H15N3O8/c1-6(24-13(19)15-4-8(14)12(17)18)7-2-10-11(23-5-22-10)3-9(7)16(20)21/h2-3,6,8H,4-5,14H2,1H3,(H,15,19)(H,17,18). The number of nitrogens with zero attached hydrogens (tertiary/aromatic N) is 1. The summed E-state index contributed by atoms with van der Waals surface area (Å²) in [6, 6.07) is 1.27. The predicted octanol–water partition coefficient (Wildman–Crippen LogP) is 0.523. The van der Waals surface area contributed by atoms with E-state index in [0.717, 1.165) is 0 Å². The lowest BCUT2D eigenvalue weighted by molar-refractivity contribution is -0.386. The summed E-state index contributed by atoms with van der Waals surface area (Å²) in [7, 11) is 0. The first-order chi connectivity index (χ1) is 11.3. The van der Waals surface area contributed by atoms with Crippen LogP contribution in [0.1, 0.15) is 18.6 Å². The number of ether oxygens (including phenoxy) is 3. The van der Waals surface area contributed by atoms with Gasteiger partial charge < -0.3 is 30.4 Å². The molecule has 0 aliphatic carbocycles. The highest BCUT2D eigenvalue weighted by Crippen LogP contribution is 2.40. The van der Waals surface area contributed by atoms with Crippen LogP contribution in [0.4, 0.5) is 10.5 Å². The number of nitro benzene ring substituents is 1. The van der Waals surface area contributed by atoms with Crippen molar-refractivity contribution in [1.82, 2.24) is 5.32 Å². The zero-order valence-electron chi connectivity index (χ0n) is 12.6. The summed E-state index contributed by atoms with van der Waals surface area (Å²) in [5.74, 6) is -0.747. The van der Waals surface area contributed by atoms with Crippen LogP contribution in [0.3, 0.4) is 0 Å². The number of nitrogens with two attached hydrogens (primary N) is 1. The number of nitro groups is 1. The second-order valence-electron chi connectivity index (χ2n) is 4.89. The monoisotopic (exact) mass is 341 g/mol. The average Bonchev–Trinajstić information content (AvgIpc) is 2.98. The molecule has 0 radical (unpaired) electrons. The number of carboxylic acid groups (broad SMARTS) is 1. The third-order valence-electron chi connectivity index (χ3n) is 3.22. The van der Waals surface area contributed by atoms with Gasteiger partial charge in [-0.2, -0.15) is 0 Å². The molecule has 0 saturated carbocycles. The molecular formula is C13H15N3O8. The lowest BCUT2D eigenvalue weighted by Gasteiger charge is -2.15. The van der Waals surface area contributed by atoms with E-state index in [9.17, 15) is 19.7 Å². The number of benzene rings is 1. The summed E-state index contributed by atoms with van der Waals surface area (Å²) in [6.07, 6.45) is -1.94. The van der Waals surface area contributed by atoms with Crippen molar-refractivity contribution in [3.05, 3.63) is 27.8 Å². The number of aliphatic carboxylic acids is 1. The zero-order chi connectivity index (χ0) is 17.9. The lowest BCUT2D eigenvalue weighted by atomic mass is 10.1. The van der Waals surface area contributed by atoms with Crippen LogP contribution in [-0.4, -0.2) is 41.5 Å². The van der Waals surface area contributed by atoms with E-state index in [4.69, 9.17) is 25.1 Å². The van der Waals surface area contributed by atoms with Gasteiger partial charge in [-0.3, -0.25) is 14.9 Å². The fraction of sp³-hybridized carbons (Fsp3) is 0.385. The number of hydrogen-bond donors (Lipinski definition) is 3. The van der Waals surface area contributed by atoms with Gasteiger partial charge in [-0.15, -0.1) is 0 Å². The highest BCUT2D eigenvalue weighted by molar-refractivity contribution is 5.75. The molecule has 1 amide bonds. The molecule has 0 saturated heterocycles. The molecule has 1 aromatic carbocycles. The number of amides is 1. The Hall–Kier alpha value is -3.08. The van der Waals surface area contributed by atoms with Crippen LogP contribution in [0.2, 0.25) is 0 Å². The fourth-order valence-electron chi connectivity index (χ4n) is 1.98. The first-order valence-electron chi connectivity index (χ1n) is 6.80. The summed E-state index contributed by atoms with van der Waals surface area (Å²) >= 11 is 0. The molecule has 0 bridgehead atoms. The quantitative estimate of drug-likeness (QED) is 0.494. The Morgan fingerprint density at radius 3 is 2.67 bits per heavy atom. The van der Waals surface area contributed by atoms with E-state index >= 15 is 0 Å². The number of carbonyl (C=O) groups is 2. The first kappa shape index (κ1) is 17.3. The molecular weight excluding hydrogens is 326 g/mol. The van der Waals surface area contributed by atoms with Crippen molar-refractivity contribution in [3.8, 4) is 11.5 Å². The summed E-state index contributed by atoms with van der Waals surface area (Å²) < 4.78 is 15.2. The van der Waals surface area contributed by atoms with E-state index in [2.05, 4.69) is 5.32 Å². The third kappa shape index (κ3) is 3.81. The van der Waals surface area contributed by atoms with Gasteiger partial charge >= 0.3 is 12.1 Å². The van der Waals surface area contributed by atoms with Crippen LogP contribution in [0.5, 0.6) is 11.5 Å². The van der Waals surface area contributed by atoms with Gasteiger partial charge in [0.15, 0.2) is 11.5 Å². The molecule has 11 nitrogen and oxygen atoms in total. The van der Waals surface area contributed by atoms with Crippen molar-refractivity contribution >= 4 is 17.7 Å². The summed E-state index contributed by atoms with van der Waals surface area (Å²) in [6.45, 7) is 1.03. The summed E-state index contributed by atoms with van der Waals surface area (Å²) in [5.41, 5.74) is 5.07. The fourth-order valence-corrected chi connectivity index (χ4v) is 1.98. The second kappa shape index (κ2) is 7.00. The Kier molecular flexibility index (Phi) is 5.04. The molecule has 1 aliphatic heterocycles. The number of fused-ring (bicyclic) bond motifs is 1. The topological polar surface area (TPSA) is 163 Å². The first-order valence-corrected chi connectivity index (χ1v) is 6.80. The molecule has 2 rings (SSSR count). The zero-order valence-corrected chi connectivity index (χ0v) is 12.6. The molecule has 2 atom stereocenters. The highest BCUT2D eigenvalue weighted by atomic mass is 16.7. The Balaban J connectivity index is 2.09. The third-order valence-corrected chi connectivity index (χ3v) is 3.22. The van der Waals surface area contributed by atoms with Gasteiger partial charge in [0, 0.05) is 6.54 Å². The maximum Gasteiger partial charge on any atom is 0.407 e. The van der Waals surface area contributed by atoms with Gasteiger partial charge in [0.05, 0.1) is 16.6 Å². The molecule has 0 fully saturated rings. The van der Waals surface area contributed by atoms with E-state index in [1.54, 1.807) is 0 Å². The van der Waals surface area contributed by atoms with Crippen molar-refractivity contribution < 1.29 is 33.8 Å². The van der Waals surface area contributed by atoms with Gasteiger partial charge in [0.1, 0.15) is 12.1 Å². The smallest absolute Gasteiger partial charge is 0.407 e. The van der Waals surface area contributed by atoms with Gasteiger partial charge in [-0.25, -0.2) is 4.79 Å². The number of nitrogens with one attached hydrogen (secondary N) is 1. The Labute approximate surface area is 135 Å². The number of hydrogen-bond acceptors (Lipinski definition) is 8. The second-order valence-corrected chi connectivity index (χ2v) is 4.89.